The van der Waals surface area contributed by atoms with Gasteiger partial charge in [-0.05, 0) is 13.0 Å². The molecule has 0 radical (unpaired) electrons. The summed E-state index contributed by atoms with van der Waals surface area (Å²) >= 11 is 0. The van der Waals surface area contributed by atoms with Gasteiger partial charge in [-0.2, -0.15) is 31.4 Å². The lowest BCUT2D eigenvalue weighted by Gasteiger charge is -2.33. The Balaban J connectivity index is 1.37. The minimum absolute atomic E-state index is 0.0215. The fraction of sp³-hybridized carbons (Fsp3) is 0.364. The number of carbonyl (C=O) groups excluding carboxylic acids is 1. The summed E-state index contributed by atoms with van der Waals surface area (Å²) in [6.07, 6.45) is -5.95. The maximum atomic E-state index is 13.2. The van der Waals surface area contributed by atoms with Crippen LogP contribution in [0.5, 0.6) is 5.75 Å². The third-order valence-electron chi connectivity index (χ3n) is 5.50. The van der Waals surface area contributed by atoms with Gasteiger partial charge in [0, 0.05) is 37.7 Å². The first kappa shape index (κ1) is 27.6. The van der Waals surface area contributed by atoms with Crippen LogP contribution in [-0.2, 0) is 17.1 Å². The van der Waals surface area contributed by atoms with Crippen LogP contribution in [0.3, 0.4) is 0 Å². The molecule has 2 N–H and O–H groups in total. The van der Waals surface area contributed by atoms with Crippen LogP contribution in [0.25, 0.3) is 0 Å². The molecule has 1 fully saturated rings. The number of pyridine rings is 1. The third kappa shape index (κ3) is 6.53. The Morgan fingerprint density at radius 1 is 1.05 bits per heavy atom. The lowest BCUT2D eigenvalue weighted by Crippen LogP contribution is -2.51. The second-order valence-electron chi connectivity index (χ2n) is 8.43. The second-order valence-corrected chi connectivity index (χ2v) is 8.43. The number of H-pyrrole nitrogens is 1. The lowest BCUT2D eigenvalue weighted by atomic mass is 10.2. The van der Waals surface area contributed by atoms with E-state index in [0.29, 0.717) is 12.4 Å². The molecule has 1 aliphatic heterocycles. The maximum absolute atomic E-state index is 13.2. The summed E-state index contributed by atoms with van der Waals surface area (Å²) in [6, 6.07) is 2.27. The van der Waals surface area contributed by atoms with Gasteiger partial charge in [-0.15, -0.1) is 0 Å². The van der Waals surface area contributed by atoms with Crippen molar-refractivity contribution < 1.29 is 35.9 Å². The van der Waals surface area contributed by atoms with E-state index in [-0.39, 0.29) is 43.8 Å². The summed E-state index contributed by atoms with van der Waals surface area (Å²) in [7, 11) is 0. The number of nitrogens with one attached hydrogen (secondary N) is 2. The number of carbonyl (C=O) groups is 1. The Kier molecular flexibility index (Phi) is 7.60. The van der Waals surface area contributed by atoms with Gasteiger partial charge in [0.2, 0.25) is 11.9 Å². The van der Waals surface area contributed by atoms with Gasteiger partial charge in [0.15, 0.2) is 0 Å². The van der Waals surface area contributed by atoms with E-state index in [1.54, 1.807) is 5.10 Å². The summed E-state index contributed by atoms with van der Waals surface area (Å²) in [4.78, 5) is 38.7. The SMILES string of the molecule is C[C@@H](COc1ccnc(N2CCN(c3ncc(C(F)(F)F)cn3)CC2=O)c1)Nc1cn[nH]c(=O)c1C(F)(F)F. The smallest absolute Gasteiger partial charge is 0.423 e. The molecule has 4 heterocycles. The zero-order valence-corrected chi connectivity index (χ0v) is 20.0. The van der Waals surface area contributed by atoms with Crippen molar-refractivity contribution in [1.29, 1.82) is 0 Å². The largest absolute Gasteiger partial charge is 0.491 e. The molecule has 0 spiro atoms. The van der Waals surface area contributed by atoms with Crippen LogP contribution in [0.15, 0.2) is 41.7 Å². The van der Waals surface area contributed by atoms with Gasteiger partial charge in [-0.3, -0.25) is 14.5 Å². The van der Waals surface area contributed by atoms with Gasteiger partial charge in [0.1, 0.15) is 30.3 Å². The number of amides is 1. The average molecular weight is 558 g/mol. The summed E-state index contributed by atoms with van der Waals surface area (Å²) in [6.45, 7) is 1.57. The normalized spacial score (nSPS) is 15.3. The zero-order chi connectivity index (χ0) is 28.4. The van der Waals surface area contributed by atoms with Crippen molar-refractivity contribution >= 4 is 23.4 Å². The molecule has 0 unspecified atom stereocenters. The number of piperazine rings is 1. The van der Waals surface area contributed by atoms with Crippen LogP contribution in [0.1, 0.15) is 18.1 Å². The monoisotopic (exact) mass is 558 g/mol. The standard InChI is InChI=1S/C22H20F6N8O3/c1-12(33-15-9-32-34-19(38)18(15)22(26,27)28)11-39-14-2-3-29-16(6-14)36-5-4-35(10-17(36)37)20-30-7-13(8-31-20)21(23,24)25/h2-3,6-9,12H,4-5,10-11H2,1H3,(H2,33,34,38)/t12-/m0/s1. The number of anilines is 3. The third-order valence-corrected chi connectivity index (χ3v) is 5.50. The van der Waals surface area contributed by atoms with Crippen molar-refractivity contribution in [2.45, 2.75) is 25.3 Å². The van der Waals surface area contributed by atoms with Crippen LogP contribution >= 0.6 is 0 Å². The number of nitrogens with zero attached hydrogens (tertiary/aromatic N) is 6. The number of aromatic amines is 1. The van der Waals surface area contributed by atoms with Gasteiger partial charge >= 0.3 is 12.4 Å². The highest BCUT2D eigenvalue weighted by Crippen LogP contribution is 2.32. The van der Waals surface area contributed by atoms with Gasteiger partial charge in [-0.25, -0.2) is 20.1 Å². The van der Waals surface area contributed by atoms with E-state index in [2.05, 4.69) is 25.4 Å². The molecule has 1 atom stereocenters. The minimum atomic E-state index is -4.89. The molecule has 4 rings (SSSR count). The minimum Gasteiger partial charge on any atom is -0.491 e. The number of alkyl halides is 6. The Bertz CT molecular complexity index is 1380. The van der Waals surface area contributed by atoms with Crippen molar-refractivity contribution in [3.05, 3.63) is 58.4 Å². The van der Waals surface area contributed by atoms with Crippen LogP contribution in [-0.4, -0.2) is 63.3 Å². The highest BCUT2D eigenvalue weighted by Gasteiger charge is 2.37. The molecular formula is C22H20F6N8O3. The Morgan fingerprint density at radius 3 is 2.41 bits per heavy atom. The fourth-order valence-electron chi connectivity index (χ4n) is 3.67. The van der Waals surface area contributed by atoms with E-state index in [1.165, 1.54) is 35.1 Å². The Morgan fingerprint density at radius 2 is 1.77 bits per heavy atom. The number of ether oxygens (including phenoxy) is 1. The summed E-state index contributed by atoms with van der Waals surface area (Å²) in [5, 5.41) is 7.70. The predicted molar refractivity (Wildman–Crippen MR) is 124 cm³/mol. The first-order chi connectivity index (χ1) is 18.3. The van der Waals surface area contributed by atoms with E-state index in [4.69, 9.17) is 4.74 Å². The Labute approximate surface area is 215 Å². The molecule has 0 aliphatic carbocycles. The molecule has 17 heteroatoms. The van der Waals surface area contributed by atoms with E-state index in [1.807, 2.05) is 0 Å². The van der Waals surface area contributed by atoms with E-state index < -0.39 is 46.7 Å². The molecule has 0 aromatic carbocycles. The molecule has 3 aromatic heterocycles. The molecule has 11 nitrogen and oxygen atoms in total. The number of aromatic nitrogens is 5. The topological polar surface area (TPSA) is 129 Å². The first-order valence-corrected chi connectivity index (χ1v) is 11.3. The first-order valence-electron chi connectivity index (χ1n) is 11.3. The van der Waals surface area contributed by atoms with Crippen LogP contribution in [0.4, 0.5) is 43.8 Å². The molecule has 1 aliphatic rings. The molecular weight excluding hydrogens is 538 g/mol. The van der Waals surface area contributed by atoms with Crippen LogP contribution in [0.2, 0.25) is 0 Å². The predicted octanol–water partition coefficient (Wildman–Crippen LogP) is 2.73. The molecule has 39 heavy (non-hydrogen) atoms. The van der Waals surface area contributed by atoms with Crippen molar-refractivity contribution in [3.8, 4) is 5.75 Å². The summed E-state index contributed by atoms with van der Waals surface area (Å²) < 4.78 is 83.5. The number of hydrogen-bond acceptors (Lipinski definition) is 9. The average Bonchev–Trinajstić information content (AvgIpc) is 2.86. The van der Waals surface area contributed by atoms with Gasteiger partial charge < -0.3 is 15.0 Å². The fourth-order valence-corrected chi connectivity index (χ4v) is 3.67. The molecule has 0 saturated carbocycles. The summed E-state index contributed by atoms with van der Waals surface area (Å²) in [5.41, 5.74) is -4.29. The molecule has 0 bridgehead atoms. The van der Waals surface area contributed by atoms with Crippen LogP contribution in [0, 0.1) is 0 Å². The molecule has 3 aromatic rings. The Hall–Kier alpha value is -4.44. The lowest BCUT2D eigenvalue weighted by molar-refractivity contribution is -0.139. The van der Waals surface area contributed by atoms with E-state index in [0.717, 1.165) is 6.20 Å². The van der Waals surface area contributed by atoms with Gasteiger partial charge in [-0.1, -0.05) is 0 Å². The maximum Gasteiger partial charge on any atom is 0.423 e. The second kappa shape index (κ2) is 10.7. The van der Waals surface area contributed by atoms with E-state index >= 15 is 0 Å². The highest BCUT2D eigenvalue weighted by molar-refractivity contribution is 5.96. The van der Waals surface area contributed by atoms with E-state index in [9.17, 15) is 35.9 Å². The summed E-state index contributed by atoms with van der Waals surface area (Å²) in [5.74, 6) is 0.0806. The highest BCUT2D eigenvalue weighted by atomic mass is 19.4. The number of rotatable bonds is 7. The van der Waals surface area contributed by atoms with Crippen LogP contribution < -0.4 is 25.4 Å². The van der Waals surface area contributed by atoms with Gasteiger partial charge in [0.25, 0.3) is 5.56 Å². The number of hydrogen-bond donors (Lipinski definition) is 2. The van der Waals surface area contributed by atoms with Crippen molar-refractivity contribution in [1.82, 2.24) is 25.1 Å². The molecule has 1 amide bonds. The van der Waals surface area contributed by atoms with Crippen molar-refractivity contribution in [2.75, 3.05) is 41.4 Å². The zero-order valence-electron chi connectivity index (χ0n) is 20.0. The van der Waals surface area contributed by atoms with Crippen molar-refractivity contribution in [3.63, 3.8) is 0 Å². The molecule has 208 valence electrons. The van der Waals surface area contributed by atoms with Crippen molar-refractivity contribution in [2.24, 2.45) is 0 Å². The quantitative estimate of drug-likeness (QED) is 0.421. The van der Waals surface area contributed by atoms with Gasteiger partial charge in [0.05, 0.1) is 23.5 Å². The number of halogens is 6. The molecule has 1 saturated heterocycles.